The molecule has 154 valence electrons. The number of amidine groups is 1. The van der Waals surface area contributed by atoms with Gasteiger partial charge in [-0.3, -0.25) is 4.99 Å². The summed E-state index contributed by atoms with van der Waals surface area (Å²) in [5.41, 5.74) is -2.66. The zero-order chi connectivity index (χ0) is 20.1. The van der Waals surface area contributed by atoms with Crippen LogP contribution in [0.1, 0.15) is 16.9 Å². The minimum Gasteiger partial charge on any atom is -0.460 e. The van der Waals surface area contributed by atoms with Crippen LogP contribution in [0.25, 0.3) is 21.9 Å². The molecule has 2 aromatic carbocycles. The van der Waals surface area contributed by atoms with E-state index >= 15 is 0 Å². The molecule has 29 heavy (non-hydrogen) atoms. The van der Waals surface area contributed by atoms with E-state index in [0.29, 0.717) is 47.6 Å². The lowest BCUT2D eigenvalue weighted by Gasteiger charge is -2.14. The first-order chi connectivity index (χ1) is 13.1. The van der Waals surface area contributed by atoms with Crippen LogP contribution in [0.4, 0.5) is 26.3 Å². The van der Waals surface area contributed by atoms with Gasteiger partial charge in [-0.2, -0.15) is 26.3 Å². The Labute approximate surface area is 166 Å². The Morgan fingerprint density at radius 2 is 1.52 bits per heavy atom. The molecule has 2 heterocycles. The average molecular weight is 435 g/mol. The van der Waals surface area contributed by atoms with Gasteiger partial charge in [0.1, 0.15) is 0 Å². The topological polar surface area (TPSA) is 37.5 Å². The summed E-state index contributed by atoms with van der Waals surface area (Å²) in [5.74, 6) is 1.06. The molecule has 0 aliphatic carbocycles. The number of benzene rings is 2. The smallest absolute Gasteiger partial charge is 0.416 e. The highest BCUT2D eigenvalue weighted by atomic mass is 35.5. The van der Waals surface area contributed by atoms with Gasteiger partial charge in [0.25, 0.3) is 0 Å². The van der Waals surface area contributed by atoms with Crippen LogP contribution in [0.15, 0.2) is 52.1 Å². The van der Waals surface area contributed by atoms with Gasteiger partial charge in [0.15, 0.2) is 11.6 Å². The number of aliphatic imine (C=N–C) groups is 1. The number of hydrogen-bond acceptors (Lipinski definition) is 3. The van der Waals surface area contributed by atoms with Gasteiger partial charge in [0.05, 0.1) is 23.9 Å². The van der Waals surface area contributed by atoms with Crippen LogP contribution >= 0.6 is 12.4 Å². The fourth-order valence-corrected chi connectivity index (χ4v) is 3.09. The number of nitrogens with zero attached hydrogens (tertiary/aromatic N) is 1. The van der Waals surface area contributed by atoms with Gasteiger partial charge >= 0.3 is 12.4 Å². The van der Waals surface area contributed by atoms with Crippen LogP contribution in [0.2, 0.25) is 0 Å². The number of nitrogens with one attached hydrogen (secondary N) is 1. The van der Waals surface area contributed by atoms with Gasteiger partial charge in [0, 0.05) is 17.3 Å². The van der Waals surface area contributed by atoms with E-state index in [1.165, 1.54) is 18.4 Å². The second-order valence-electron chi connectivity index (χ2n) is 6.32. The lowest BCUT2D eigenvalue weighted by atomic mass is 9.97. The van der Waals surface area contributed by atoms with Crippen molar-refractivity contribution in [3.05, 3.63) is 59.5 Å². The van der Waals surface area contributed by atoms with Crippen LogP contribution in [0.5, 0.6) is 0 Å². The molecule has 10 heteroatoms. The molecular weight excluding hydrogens is 422 g/mol. The van der Waals surface area contributed by atoms with Crippen molar-refractivity contribution in [2.24, 2.45) is 4.99 Å². The SMILES string of the molecule is Cl.FC(F)(F)c1cc(-c2ccc3c(C4=NCCN4)occ3c2)cc(C(F)(F)F)c1. The van der Waals surface area contributed by atoms with Crippen molar-refractivity contribution in [2.75, 3.05) is 13.1 Å². The number of fused-ring (bicyclic) bond motifs is 1. The Balaban J connectivity index is 0.00000240. The fraction of sp³-hybridized carbons (Fsp3) is 0.211. The van der Waals surface area contributed by atoms with Gasteiger partial charge in [-0.05, 0) is 41.5 Å². The van der Waals surface area contributed by atoms with Crippen molar-refractivity contribution >= 4 is 29.0 Å². The maximum atomic E-state index is 13.1. The minimum atomic E-state index is -4.89. The number of furan rings is 1. The van der Waals surface area contributed by atoms with Crippen molar-refractivity contribution in [3.63, 3.8) is 0 Å². The summed E-state index contributed by atoms with van der Waals surface area (Å²) in [7, 11) is 0. The quantitative estimate of drug-likeness (QED) is 0.509. The minimum absolute atomic E-state index is 0. The summed E-state index contributed by atoms with van der Waals surface area (Å²) in [6.45, 7) is 1.26. The Kier molecular flexibility index (Phi) is 5.29. The third-order valence-electron chi connectivity index (χ3n) is 4.41. The normalized spacial score (nSPS) is 14.5. The van der Waals surface area contributed by atoms with Crippen molar-refractivity contribution in [1.29, 1.82) is 0 Å². The third kappa shape index (κ3) is 4.05. The highest BCUT2D eigenvalue weighted by Gasteiger charge is 2.37. The third-order valence-corrected chi connectivity index (χ3v) is 4.41. The first-order valence-corrected chi connectivity index (χ1v) is 8.23. The molecule has 0 saturated carbocycles. The summed E-state index contributed by atoms with van der Waals surface area (Å²) in [4.78, 5) is 4.25. The van der Waals surface area contributed by atoms with Gasteiger partial charge in [-0.15, -0.1) is 12.4 Å². The van der Waals surface area contributed by atoms with E-state index in [4.69, 9.17) is 4.42 Å². The van der Waals surface area contributed by atoms with Crippen LogP contribution < -0.4 is 5.32 Å². The van der Waals surface area contributed by atoms with Crippen LogP contribution in [-0.4, -0.2) is 18.9 Å². The lowest BCUT2D eigenvalue weighted by molar-refractivity contribution is -0.143. The highest BCUT2D eigenvalue weighted by Crippen LogP contribution is 2.39. The molecule has 1 aliphatic rings. The van der Waals surface area contributed by atoms with Crippen LogP contribution in [-0.2, 0) is 12.4 Å². The molecule has 0 unspecified atom stereocenters. The monoisotopic (exact) mass is 434 g/mol. The zero-order valence-corrected chi connectivity index (χ0v) is 15.3. The molecule has 0 saturated heterocycles. The van der Waals surface area contributed by atoms with E-state index in [1.807, 2.05) is 0 Å². The molecule has 0 atom stereocenters. The molecule has 0 radical (unpaired) electrons. The molecule has 1 N–H and O–H groups in total. The summed E-state index contributed by atoms with van der Waals surface area (Å²) >= 11 is 0. The molecule has 4 rings (SSSR count). The molecule has 0 bridgehead atoms. The summed E-state index contributed by atoms with van der Waals surface area (Å²) in [6.07, 6.45) is -8.39. The van der Waals surface area contributed by atoms with Crippen LogP contribution in [0, 0.1) is 0 Å². The molecule has 0 fully saturated rings. The van der Waals surface area contributed by atoms with Crippen molar-refractivity contribution in [1.82, 2.24) is 5.32 Å². The first-order valence-electron chi connectivity index (χ1n) is 8.23. The van der Waals surface area contributed by atoms with Crippen molar-refractivity contribution < 1.29 is 30.8 Å². The Morgan fingerprint density at radius 1 is 0.862 bits per heavy atom. The maximum Gasteiger partial charge on any atom is 0.416 e. The predicted molar refractivity (Wildman–Crippen MR) is 98.3 cm³/mol. The highest BCUT2D eigenvalue weighted by molar-refractivity contribution is 6.08. The molecule has 1 aliphatic heterocycles. The molecule has 0 amide bonds. The van der Waals surface area contributed by atoms with Gasteiger partial charge in [-0.25, -0.2) is 0 Å². The van der Waals surface area contributed by atoms with Gasteiger partial charge in [0.2, 0.25) is 0 Å². The van der Waals surface area contributed by atoms with E-state index in [9.17, 15) is 26.3 Å². The summed E-state index contributed by atoms with van der Waals surface area (Å²) in [6, 6.07) is 6.08. The van der Waals surface area contributed by atoms with Gasteiger partial charge in [-0.1, -0.05) is 6.07 Å². The predicted octanol–water partition coefficient (Wildman–Crippen LogP) is 5.91. The number of alkyl halides is 6. The number of halogens is 7. The standard InChI is InChI=1S/C19H12F6N2O.ClH/c20-18(21,22)13-6-11(7-14(8-13)19(23,24)25)10-1-2-15-12(5-10)9-28-16(15)17-26-3-4-27-17;/h1-2,5-9H,3-4H2,(H,26,27);1H. The van der Waals surface area contributed by atoms with E-state index in [0.717, 1.165) is 0 Å². The van der Waals surface area contributed by atoms with Gasteiger partial charge < -0.3 is 9.73 Å². The van der Waals surface area contributed by atoms with E-state index < -0.39 is 23.5 Å². The number of rotatable bonds is 2. The van der Waals surface area contributed by atoms with Crippen LogP contribution in [0.3, 0.4) is 0 Å². The average Bonchev–Trinajstić information content (AvgIpc) is 3.28. The second kappa shape index (κ2) is 7.29. The van der Waals surface area contributed by atoms with Crippen molar-refractivity contribution in [2.45, 2.75) is 12.4 Å². The molecule has 0 spiro atoms. The summed E-state index contributed by atoms with van der Waals surface area (Å²) in [5, 5.41) is 4.27. The Morgan fingerprint density at radius 3 is 2.07 bits per heavy atom. The zero-order valence-electron chi connectivity index (χ0n) is 14.5. The largest absolute Gasteiger partial charge is 0.460 e. The maximum absolute atomic E-state index is 13.1. The van der Waals surface area contributed by atoms with E-state index in [1.54, 1.807) is 6.07 Å². The Bertz CT molecular complexity index is 1050. The van der Waals surface area contributed by atoms with E-state index in [-0.39, 0.29) is 29.6 Å². The molecule has 1 aromatic heterocycles. The van der Waals surface area contributed by atoms with E-state index in [2.05, 4.69) is 10.3 Å². The molecular formula is C19H13ClF6N2O. The fourth-order valence-electron chi connectivity index (χ4n) is 3.09. The van der Waals surface area contributed by atoms with Crippen molar-refractivity contribution in [3.8, 4) is 11.1 Å². The lowest BCUT2D eigenvalue weighted by Crippen LogP contribution is -2.18. The second-order valence-corrected chi connectivity index (χ2v) is 6.32. The Hall–Kier alpha value is -2.68. The molecule has 3 nitrogen and oxygen atoms in total. The summed E-state index contributed by atoms with van der Waals surface area (Å²) < 4.78 is 84.0. The first kappa shape index (κ1) is 21.0. The number of hydrogen-bond donors (Lipinski definition) is 1. The molecule has 3 aromatic rings.